The second kappa shape index (κ2) is 6.37. The Bertz CT molecular complexity index is 975. The van der Waals surface area contributed by atoms with E-state index in [-0.39, 0.29) is 5.56 Å². The average molecular weight is 321 g/mol. The van der Waals surface area contributed by atoms with Gasteiger partial charge in [0.2, 0.25) is 5.43 Å². The van der Waals surface area contributed by atoms with Crippen LogP contribution < -0.4 is 16.3 Å². The smallest absolute Gasteiger partial charge is 0.275 e. The molecule has 0 aliphatic rings. The minimum atomic E-state index is -0.678. The lowest BCUT2D eigenvalue weighted by Gasteiger charge is -2.08. The number of H-pyrrole nitrogens is 1. The molecule has 2 aromatic carbocycles. The highest BCUT2D eigenvalue weighted by molar-refractivity contribution is 6.00. The number of nitrogens with one attached hydrogen (secondary N) is 3. The molecule has 0 aliphatic carbocycles. The first-order chi connectivity index (χ1) is 11.6. The SMILES string of the molecule is Cc1ccc(C(=O)NNC(=O)c2c[nH]c3ccccc3c2=O)cc1. The van der Waals surface area contributed by atoms with Crippen molar-refractivity contribution in [3.63, 3.8) is 0 Å². The molecule has 0 radical (unpaired) electrons. The summed E-state index contributed by atoms with van der Waals surface area (Å²) in [7, 11) is 0. The van der Waals surface area contributed by atoms with Gasteiger partial charge in [0.1, 0.15) is 5.56 Å². The minimum absolute atomic E-state index is 0.0714. The molecule has 6 heteroatoms. The highest BCUT2D eigenvalue weighted by Gasteiger charge is 2.14. The zero-order valence-electron chi connectivity index (χ0n) is 12.9. The van der Waals surface area contributed by atoms with Gasteiger partial charge < -0.3 is 4.98 Å². The van der Waals surface area contributed by atoms with Crippen LogP contribution in [0.4, 0.5) is 0 Å². The van der Waals surface area contributed by atoms with Crippen LogP contribution in [0.1, 0.15) is 26.3 Å². The molecule has 2 amide bonds. The summed E-state index contributed by atoms with van der Waals surface area (Å²) in [5.74, 6) is -1.14. The summed E-state index contributed by atoms with van der Waals surface area (Å²) in [6.45, 7) is 1.91. The molecule has 0 atom stereocenters. The van der Waals surface area contributed by atoms with Gasteiger partial charge in [-0.2, -0.15) is 0 Å². The Balaban J connectivity index is 1.76. The van der Waals surface area contributed by atoms with Gasteiger partial charge in [-0.15, -0.1) is 0 Å². The lowest BCUT2D eigenvalue weighted by molar-refractivity contribution is 0.0846. The molecular weight excluding hydrogens is 306 g/mol. The lowest BCUT2D eigenvalue weighted by atomic mass is 10.1. The standard InChI is InChI=1S/C18H15N3O3/c1-11-6-8-12(9-7-11)17(23)20-21-18(24)14-10-19-15-5-3-2-4-13(15)16(14)22/h2-10H,1H3,(H,19,22)(H,20,23)(H,21,24). The van der Waals surface area contributed by atoms with Gasteiger partial charge in [-0.1, -0.05) is 29.8 Å². The lowest BCUT2D eigenvalue weighted by Crippen LogP contribution is -2.43. The van der Waals surface area contributed by atoms with Crippen LogP contribution in [-0.4, -0.2) is 16.8 Å². The van der Waals surface area contributed by atoms with Gasteiger partial charge in [-0.25, -0.2) is 0 Å². The number of carbonyl (C=O) groups is 2. The first kappa shape index (κ1) is 15.5. The van der Waals surface area contributed by atoms with Crippen LogP contribution in [0.2, 0.25) is 0 Å². The van der Waals surface area contributed by atoms with Gasteiger partial charge in [-0.05, 0) is 31.2 Å². The van der Waals surface area contributed by atoms with Crippen LogP contribution in [0.25, 0.3) is 10.9 Å². The molecule has 1 heterocycles. The number of pyridine rings is 1. The molecule has 0 bridgehead atoms. The Kier molecular flexibility index (Phi) is 4.11. The third kappa shape index (κ3) is 3.03. The van der Waals surface area contributed by atoms with Crippen molar-refractivity contribution in [2.45, 2.75) is 6.92 Å². The monoisotopic (exact) mass is 321 g/mol. The zero-order valence-corrected chi connectivity index (χ0v) is 12.9. The Morgan fingerprint density at radius 1 is 0.917 bits per heavy atom. The molecule has 24 heavy (non-hydrogen) atoms. The normalized spacial score (nSPS) is 10.4. The third-order valence-corrected chi connectivity index (χ3v) is 3.64. The van der Waals surface area contributed by atoms with Crippen molar-refractivity contribution in [2.75, 3.05) is 0 Å². The van der Waals surface area contributed by atoms with Crippen LogP contribution in [0.5, 0.6) is 0 Å². The molecule has 120 valence electrons. The predicted octanol–water partition coefficient (Wildman–Crippen LogP) is 1.91. The summed E-state index contributed by atoms with van der Waals surface area (Å²) < 4.78 is 0. The van der Waals surface area contributed by atoms with Crippen molar-refractivity contribution in [1.82, 2.24) is 15.8 Å². The summed E-state index contributed by atoms with van der Waals surface area (Å²) in [6.07, 6.45) is 1.33. The molecule has 1 aromatic heterocycles. The van der Waals surface area contributed by atoms with Gasteiger partial charge in [0, 0.05) is 22.7 Å². The minimum Gasteiger partial charge on any atom is -0.360 e. The number of carbonyl (C=O) groups excluding carboxylic acids is 2. The number of hydrazine groups is 1. The van der Waals surface area contributed by atoms with E-state index in [0.29, 0.717) is 16.5 Å². The number of aromatic amines is 1. The predicted molar refractivity (Wildman–Crippen MR) is 90.7 cm³/mol. The van der Waals surface area contributed by atoms with Gasteiger partial charge in [0.25, 0.3) is 11.8 Å². The fourth-order valence-corrected chi connectivity index (χ4v) is 2.29. The number of aryl methyl sites for hydroxylation is 1. The van der Waals surface area contributed by atoms with Crippen LogP contribution in [0, 0.1) is 6.92 Å². The van der Waals surface area contributed by atoms with Gasteiger partial charge in [0.15, 0.2) is 0 Å². The molecule has 3 rings (SSSR count). The van der Waals surface area contributed by atoms with E-state index in [4.69, 9.17) is 0 Å². The Hall–Kier alpha value is -3.41. The summed E-state index contributed by atoms with van der Waals surface area (Å²) in [5.41, 5.74) is 6.17. The number of amides is 2. The highest BCUT2D eigenvalue weighted by Crippen LogP contribution is 2.07. The number of benzene rings is 2. The second-order valence-electron chi connectivity index (χ2n) is 5.35. The van der Waals surface area contributed by atoms with Crippen molar-refractivity contribution >= 4 is 22.7 Å². The first-order valence-electron chi connectivity index (χ1n) is 7.34. The number of para-hydroxylation sites is 1. The molecule has 0 saturated carbocycles. The van der Waals surface area contributed by atoms with Crippen molar-refractivity contribution in [1.29, 1.82) is 0 Å². The Morgan fingerprint density at radius 3 is 2.33 bits per heavy atom. The summed E-state index contributed by atoms with van der Waals surface area (Å²) >= 11 is 0. The third-order valence-electron chi connectivity index (χ3n) is 3.64. The van der Waals surface area contributed by atoms with Crippen molar-refractivity contribution < 1.29 is 9.59 Å². The Labute approximate surface area is 137 Å². The van der Waals surface area contributed by atoms with E-state index in [0.717, 1.165) is 5.56 Å². The fourth-order valence-electron chi connectivity index (χ4n) is 2.29. The second-order valence-corrected chi connectivity index (χ2v) is 5.35. The van der Waals surface area contributed by atoms with E-state index in [1.54, 1.807) is 48.5 Å². The number of aromatic nitrogens is 1. The average Bonchev–Trinajstić information content (AvgIpc) is 2.60. The molecule has 0 saturated heterocycles. The maximum absolute atomic E-state index is 12.3. The van der Waals surface area contributed by atoms with Crippen molar-refractivity contribution in [3.8, 4) is 0 Å². The summed E-state index contributed by atoms with van der Waals surface area (Å²) in [4.78, 5) is 39.4. The number of hydrogen-bond donors (Lipinski definition) is 3. The largest absolute Gasteiger partial charge is 0.360 e. The molecule has 0 aliphatic heterocycles. The fraction of sp³-hybridized carbons (Fsp3) is 0.0556. The molecule has 3 aromatic rings. The van der Waals surface area contributed by atoms with E-state index < -0.39 is 17.2 Å². The summed E-state index contributed by atoms with van der Waals surface area (Å²) in [6, 6.07) is 13.8. The van der Waals surface area contributed by atoms with Crippen LogP contribution in [0.15, 0.2) is 59.5 Å². The molecule has 3 N–H and O–H groups in total. The molecule has 0 fully saturated rings. The first-order valence-corrected chi connectivity index (χ1v) is 7.34. The molecule has 0 spiro atoms. The van der Waals surface area contributed by atoms with E-state index in [2.05, 4.69) is 15.8 Å². The molecule has 0 unspecified atom stereocenters. The van der Waals surface area contributed by atoms with E-state index in [1.807, 2.05) is 6.92 Å². The highest BCUT2D eigenvalue weighted by atomic mass is 16.2. The topological polar surface area (TPSA) is 91.1 Å². The van der Waals surface area contributed by atoms with Crippen molar-refractivity contribution in [3.05, 3.63) is 81.6 Å². The molecular formula is C18H15N3O3. The van der Waals surface area contributed by atoms with Gasteiger partial charge >= 0.3 is 0 Å². The van der Waals surface area contributed by atoms with E-state index in [1.165, 1.54) is 6.20 Å². The van der Waals surface area contributed by atoms with Gasteiger partial charge in [0.05, 0.1) is 0 Å². The Morgan fingerprint density at radius 2 is 1.58 bits per heavy atom. The van der Waals surface area contributed by atoms with E-state index >= 15 is 0 Å². The number of rotatable bonds is 2. The van der Waals surface area contributed by atoms with E-state index in [9.17, 15) is 14.4 Å². The molecule has 6 nitrogen and oxygen atoms in total. The number of fused-ring (bicyclic) bond motifs is 1. The van der Waals surface area contributed by atoms with Crippen LogP contribution >= 0.6 is 0 Å². The maximum atomic E-state index is 12.3. The number of hydrogen-bond acceptors (Lipinski definition) is 3. The van der Waals surface area contributed by atoms with Gasteiger partial charge in [-0.3, -0.25) is 25.2 Å². The van der Waals surface area contributed by atoms with Crippen molar-refractivity contribution in [2.24, 2.45) is 0 Å². The van der Waals surface area contributed by atoms with Crippen LogP contribution in [-0.2, 0) is 0 Å². The summed E-state index contributed by atoms with van der Waals surface area (Å²) in [5, 5.41) is 0.412. The van der Waals surface area contributed by atoms with Crippen LogP contribution in [0.3, 0.4) is 0 Å². The zero-order chi connectivity index (χ0) is 17.1. The maximum Gasteiger partial charge on any atom is 0.275 e. The quantitative estimate of drug-likeness (QED) is 0.630.